The standard InChI is InChI=1S/C14H20N2O5S/c1-3-21-10-11-6-7-15(9-11)12-4-5-13(16(17)18)14(8-12)22(2,19)20/h4-5,8,11H,3,6-7,9-10H2,1-2H3. The fourth-order valence-corrected chi connectivity index (χ4v) is 3.49. The van der Waals surface area contributed by atoms with E-state index in [-0.39, 0.29) is 10.6 Å². The molecule has 0 bridgehead atoms. The maximum absolute atomic E-state index is 11.8. The lowest BCUT2D eigenvalue weighted by Gasteiger charge is -2.19. The molecule has 1 saturated heterocycles. The van der Waals surface area contributed by atoms with E-state index in [9.17, 15) is 18.5 Å². The van der Waals surface area contributed by atoms with Crippen LogP contribution in [0.4, 0.5) is 11.4 Å². The lowest BCUT2D eigenvalue weighted by molar-refractivity contribution is -0.387. The van der Waals surface area contributed by atoms with Crippen molar-refractivity contribution in [2.45, 2.75) is 18.2 Å². The second-order valence-electron chi connectivity index (χ2n) is 5.44. The van der Waals surface area contributed by atoms with Crippen molar-refractivity contribution in [3.05, 3.63) is 28.3 Å². The monoisotopic (exact) mass is 328 g/mol. The molecule has 1 aromatic rings. The predicted molar refractivity (Wildman–Crippen MR) is 83.0 cm³/mol. The number of hydrogen-bond donors (Lipinski definition) is 0. The van der Waals surface area contributed by atoms with Crippen molar-refractivity contribution >= 4 is 21.2 Å². The van der Waals surface area contributed by atoms with Crippen LogP contribution < -0.4 is 4.90 Å². The van der Waals surface area contributed by atoms with Gasteiger partial charge in [0.15, 0.2) is 9.84 Å². The SMILES string of the molecule is CCOCC1CCN(c2ccc([N+](=O)[O-])c(S(C)(=O)=O)c2)C1. The van der Waals surface area contributed by atoms with Gasteiger partial charge in [0.1, 0.15) is 4.90 Å². The second kappa shape index (κ2) is 6.62. The lowest BCUT2D eigenvalue weighted by atomic mass is 10.1. The molecule has 1 heterocycles. The van der Waals surface area contributed by atoms with Gasteiger partial charge in [-0.1, -0.05) is 0 Å². The van der Waals surface area contributed by atoms with E-state index in [1.54, 1.807) is 6.07 Å². The number of ether oxygens (including phenoxy) is 1. The molecule has 0 radical (unpaired) electrons. The predicted octanol–water partition coefficient (Wildman–Crippen LogP) is 1.86. The maximum atomic E-state index is 11.8. The molecule has 1 aliphatic heterocycles. The van der Waals surface area contributed by atoms with Gasteiger partial charge in [-0.25, -0.2) is 8.42 Å². The zero-order valence-electron chi connectivity index (χ0n) is 12.7. The quantitative estimate of drug-likeness (QED) is 0.585. The highest BCUT2D eigenvalue weighted by Crippen LogP contribution is 2.31. The Morgan fingerprint density at radius 3 is 2.77 bits per heavy atom. The first kappa shape index (κ1) is 16.7. The molecule has 122 valence electrons. The van der Waals surface area contributed by atoms with Crippen molar-refractivity contribution < 1.29 is 18.1 Å². The molecule has 0 saturated carbocycles. The van der Waals surface area contributed by atoms with Crippen LogP contribution in [0.5, 0.6) is 0 Å². The first-order chi connectivity index (χ1) is 10.3. The van der Waals surface area contributed by atoms with Gasteiger partial charge in [-0.2, -0.15) is 0 Å². The molecule has 1 atom stereocenters. The number of sulfone groups is 1. The highest BCUT2D eigenvalue weighted by atomic mass is 32.2. The zero-order valence-corrected chi connectivity index (χ0v) is 13.5. The molecular weight excluding hydrogens is 308 g/mol. The van der Waals surface area contributed by atoms with E-state index < -0.39 is 14.8 Å². The highest BCUT2D eigenvalue weighted by Gasteiger charge is 2.27. The Morgan fingerprint density at radius 2 is 2.18 bits per heavy atom. The second-order valence-corrected chi connectivity index (χ2v) is 7.43. The molecule has 7 nitrogen and oxygen atoms in total. The van der Waals surface area contributed by atoms with E-state index in [1.807, 2.05) is 11.8 Å². The minimum absolute atomic E-state index is 0.233. The highest BCUT2D eigenvalue weighted by molar-refractivity contribution is 7.90. The largest absolute Gasteiger partial charge is 0.381 e. The number of hydrogen-bond acceptors (Lipinski definition) is 6. The first-order valence-electron chi connectivity index (χ1n) is 7.14. The molecule has 22 heavy (non-hydrogen) atoms. The van der Waals surface area contributed by atoms with Gasteiger partial charge in [-0.05, 0) is 25.5 Å². The normalized spacial score (nSPS) is 18.6. The van der Waals surface area contributed by atoms with Crippen LogP contribution in [0.25, 0.3) is 0 Å². The van der Waals surface area contributed by atoms with Crippen molar-refractivity contribution in [3.63, 3.8) is 0 Å². The molecule has 0 amide bonds. The van der Waals surface area contributed by atoms with E-state index in [4.69, 9.17) is 4.74 Å². The Labute approximate surface area is 129 Å². The smallest absolute Gasteiger partial charge is 0.288 e. The van der Waals surface area contributed by atoms with Gasteiger partial charge in [0, 0.05) is 43.6 Å². The van der Waals surface area contributed by atoms with Gasteiger partial charge in [0.2, 0.25) is 0 Å². The molecule has 1 fully saturated rings. The van der Waals surface area contributed by atoms with Gasteiger partial charge in [0.25, 0.3) is 5.69 Å². The molecule has 1 aromatic carbocycles. The Morgan fingerprint density at radius 1 is 1.45 bits per heavy atom. The van der Waals surface area contributed by atoms with Crippen molar-refractivity contribution in [2.75, 3.05) is 37.5 Å². The maximum Gasteiger partial charge on any atom is 0.288 e. The molecule has 1 aliphatic rings. The van der Waals surface area contributed by atoms with Crippen LogP contribution in [0.15, 0.2) is 23.1 Å². The summed E-state index contributed by atoms with van der Waals surface area (Å²) < 4.78 is 29.0. The molecule has 0 aromatic heterocycles. The number of benzene rings is 1. The Hall–Kier alpha value is -1.67. The van der Waals surface area contributed by atoms with E-state index in [0.717, 1.165) is 25.8 Å². The summed E-state index contributed by atoms with van der Waals surface area (Å²) in [5.74, 6) is 0.400. The number of nitrogens with zero attached hydrogens (tertiary/aromatic N) is 2. The van der Waals surface area contributed by atoms with Crippen LogP contribution in [0.2, 0.25) is 0 Å². The summed E-state index contributed by atoms with van der Waals surface area (Å²) in [6.45, 7) is 4.85. The van der Waals surface area contributed by atoms with E-state index in [0.29, 0.717) is 24.8 Å². The van der Waals surface area contributed by atoms with E-state index >= 15 is 0 Å². The Kier molecular flexibility index (Phi) is 5.02. The van der Waals surface area contributed by atoms with Gasteiger partial charge in [-0.15, -0.1) is 0 Å². The van der Waals surface area contributed by atoms with Crippen LogP contribution in [-0.2, 0) is 14.6 Å². The summed E-state index contributed by atoms with van der Waals surface area (Å²) >= 11 is 0. The van der Waals surface area contributed by atoms with E-state index in [2.05, 4.69) is 0 Å². The summed E-state index contributed by atoms with van der Waals surface area (Å²) in [5.41, 5.74) is 0.321. The summed E-state index contributed by atoms with van der Waals surface area (Å²) in [4.78, 5) is 12.1. The van der Waals surface area contributed by atoms with Crippen LogP contribution in [0.3, 0.4) is 0 Å². The van der Waals surface area contributed by atoms with Gasteiger partial charge >= 0.3 is 0 Å². The number of nitro groups is 1. The lowest BCUT2D eigenvalue weighted by Crippen LogP contribution is -2.21. The summed E-state index contributed by atoms with van der Waals surface area (Å²) in [6.07, 6.45) is 1.95. The number of rotatable bonds is 6. The van der Waals surface area contributed by atoms with Crippen LogP contribution in [-0.4, -0.2) is 45.9 Å². The first-order valence-corrected chi connectivity index (χ1v) is 9.03. The molecule has 1 unspecified atom stereocenters. The number of nitro benzene ring substituents is 1. The Balaban J connectivity index is 2.25. The molecule has 0 aliphatic carbocycles. The average Bonchev–Trinajstić information content (AvgIpc) is 2.92. The van der Waals surface area contributed by atoms with Crippen molar-refractivity contribution in [2.24, 2.45) is 5.92 Å². The minimum atomic E-state index is -3.65. The molecule has 8 heteroatoms. The fraction of sp³-hybridized carbons (Fsp3) is 0.571. The third-order valence-corrected chi connectivity index (χ3v) is 4.87. The fourth-order valence-electron chi connectivity index (χ4n) is 2.64. The van der Waals surface area contributed by atoms with Crippen LogP contribution >= 0.6 is 0 Å². The minimum Gasteiger partial charge on any atom is -0.381 e. The number of anilines is 1. The van der Waals surface area contributed by atoms with Crippen molar-refractivity contribution in [1.29, 1.82) is 0 Å². The average molecular weight is 328 g/mol. The molecule has 0 spiro atoms. The molecule has 2 rings (SSSR count). The van der Waals surface area contributed by atoms with Crippen molar-refractivity contribution in [1.82, 2.24) is 0 Å². The zero-order chi connectivity index (χ0) is 16.3. The van der Waals surface area contributed by atoms with Gasteiger partial charge < -0.3 is 9.64 Å². The third-order valence-electron chi connectivity index (χ3n) is 3.75. The summed E-state index contributed by atoms with van der Waals surface area (Å²) in [6, 6.07) is 4.27. The van der Waals surface area contributed by atoms with E-state index in [1.165, 1.54) is 12.1 Å². The topological polar surface area (TPSA) is 89.8 Å². The summed E-state index contributed by atoms with van der Waals surface area (Å²) in [7, 11) is -3.65. The van der Waals surface area contributed by atoms with Crippen LogP contribution in [0.1, 0.15) is 13.3 Å². The third kappa shape index (κ3) is 3.75. The van der Waals surface area contributed by atoms with Crippen LogP contribution in [0, 0.1) is 16.0 Å². The molecular formula is C14H20N2O5S. The van der Waals surface area contributed by atoms with Crippen molar-refractivity contribution in [3.8, 4) is 0 Å². The summed E-state index contributed by atoms with van der Waals surface area (Å²) in [5, 5.41) is 11.0. The molecule has 0 N–H and O–H groups in total. The Bertz CT molecular complexity index is 659. The van der Waals surface area contributed by atoms with Gasteiger partial charge in [-0.3, -0.25) is 10.1 Å². The van der Waals surface area contributed by atoms with Gasteiger partial charge in [0.05, 0.1) is 11.5 Å².